The van der Waals surface area contributed by atoms with E-state index in [0.717, 1.165) is 30.8 Å². The fraction of sp³-hybridized carbons (Fsp3) is 0.944. The second-order valence-electron chi connectivity index (χ2n) is 8.57. The number of amides is 1. The molecule has 2 unspecified atom stereocenters. The van der Waals surface area contributed by atoms with Crippen LogP contribution in [0.1, 0.15) is 58.3 Å². The fourth-order valence-electron chi connectivity index (χ4n) is 6.17. The van der Waals surface area contributed by atoms with Gasteiger partial charge < -0.3 is 10.6 Å². The third kappa shape index (κ3) is 2.52. The summed E-state index contributed by atoms with van der Waals surface area (Å²) < 4.78 is 0. The van der Waals surface area contributed by atoms with E-state index in [1.165, 1.54) is 51.4 Å². The molecule has 3 heteroatoms. The van der Waals surface area contributed by atoms with Crippen LogP contribution in [0.25, 0.3) is 0 Å². The Labute approximate surface area is 128 Å². The molecule has 5 rings (SSSR count). The maximum absolute atomic E-state index is 13.0. The van der Waals surface area contributed by atoms with Crippen molar-refractivity contribution in [2.75, 3.05) is 13.1 Å². The van der Waals surface area contributed by atoms with Crippen LogP contribution >= 0.6 is 0 Å². The van der Waals surface area contributed by atoms with Crippen molar-refractivity contribution in [3.63, 3.8) is 0 Å². The Morgan fingerprint density at radius 1 is 1.14 bits per heavy atom. The lowest BCUT2D eigenvalue weighted by Crippen LogP contribution is -2.56. The molecule has 0 aromatic rings. The van der Waals surface area contributed by atoms with Crippen LogP contribution in [0.2, 0.25) is 0 Å². The standard InChI is InChI=1S/C18H30N2O/c1-12(16-3-2-4-19-11-16)20-17(21)18-8-13-5-14(9-18)7-15(6-13)10-18/h12-16,19H,2-11H2,1H3,(H,20,21). The minimum Gasteiger partial charge on any atom is -0.353 e. The van der Waals surface area contributed by atoms with Gasteiger partial charge in [-0.15, -0.1) is 0 Å². The van der Waals surface area contributed by atoms with Crippen LogP contribution < -0.4 is 10.6 Å². The topological polar surface area (TPSA) is 41.1 Å². The molecule has 0 aromatic carbocycles. The zero-order valence-electron chi connectivity index (χ0n) is 13.4. The Morgan fingerprint density at radius 3 is 2.29 bits per heavy atom. The number of nitrogens with one attached hydrogen (secondary N) is 2. The highest BCUT2D eigenvalue weighted by molar-refractivity contribution is 5.83. The SMILES string of the molecule is CC(NC(=O)C12CC3CC(CC(C3)C1)C2)C1CCCNC1. The minimum atomic E-state index is 0.0190. The molecule has 1 amide bonds. The number of hydrogen-bond donors (Lipinski definition) is 2. The summed E-state index contributed by atoms with van der Waals surface area (Å²) in [6.07, 6.45) is 10.3. The minimum absolute atomic E-state index is 0.0190. The highest BCUT2D eigenvalue weighted by Gasteiger charge is 2.54. The molecule has 4 aliphatic carbocycles. The first-order valence-corrected chi connectivity index (χ1v) is 9.16. The summed E-state index contributed by atoms with van der Waals surface area (Å²) >= 11 is 0. The molecule has 5 fully saturated rings. The first-order chi connectivity index (χ1) is 10.1. The highest BCUT2D eigenvalue weighted by atomic mass is 16.2. The number of hydrogen-bond acceptors (Lipinski definition) is 2. The molecule has 1 aliphatic heterocycles. The third-order valence-electron chi connectivity index (χ3n) is 6.92. The van der Waals surface area contributed by atoms with Gasteiger partial charge in [-0.05, 0) is 95.1 Å². The van der Waals surface area contributed by atoms with Gasteiger partial charge in [0.05, 0.1) is 0 Å². The van der Waals surface area contributed by atoms with Crippen LogP contribution in [0, 0.1) is 29.1 Å². The van der Waals surface area contributed by atoms with E-state index >= 15 is 0 Å². The van der Waals surface area contributed by atoms with Crippen molar-refractivity contribution < 1.29 is 4.79 Å². The number of rotatable bonds is 3. The lowest BCUT2D eigenvalue weighted by Gasteiger charge is -2.56. The van der Waals surface area contributed by atoms with Crippen molar-refractivity contribution in [1.29, 1.82) is 0 Å². The molecule has 3 nitrogen and oxygen atoms in total. The first-order valence-electron chi connectivity index (χ1n) is 9.16. The van der Waals surface area contributed by atoms with Crippen molar-refractivity contribution in [3.8, 4) is 0 Å². The van der Waals surface area contributed by atoms with Crippen molar-refractivity contribution in [1.82, 2.24) is 10.6 Å². The van der Waals surface area contributed by atoms with Gasteiger partial charge in [-0.25, -0.2) is 0 Å². The monoisotopic (exact) mass is 290 g/mol. The van der Waals surface area contributed by atoms with E-state index in [-0.39, 0.29) is 5.41 Å². The Balaban J connectivity index is 1.42. The predicted octanol–water partition coefficient (Wildman–Crippen LogP) is 2.71. The molecule has 1 saturated heterocycles. The Morgan fingerprint density at radius 2 is 1.76 bits per heavy atom. The van der Waals surface area contributed by atoms with Gasteiger partial charge in [-0.3, -0.25) is 4.79 Å². The van der Waals surface area contributed by atoms with Gasteiger partial charge in [0.25, 0.3) is 0 Å². The molecule has 4 bridgehead atoms. The largest absolute Gasteiger partial charge is 0.353 e. The van der Waals surface area contributed by atoms with Crippen LogP contribution in [0.15, 0.2) is 0 Å². The Hall–Kier alpha value is -0.570. The average molecular weight is 290 g/mol. The molecule has 21 heavy (non-hydrogen) atoms. The summed E-state index contributed by atoms with van der Waals surface area (Å²) in [4.78, 5) is 13.0. The summed E-state index contributed by atoms with van der Waals surface area (Å²) in [7, 11) is 0. The van der Waals surface area contributed by atoms with Gasteiger partial charge in [0.15, 0.2) is 0 Å². The summed E-state index contributed by atoms with van der Waals surface area (Å²) in [6, 6.07) is 0.332. The molecule has 2 atom stereocenters. The van der Waals surface area contributed by atoms with Gasteiger partial charge in [-0.1, -0.05) is 0 Å². The molecular formula is C18H30N2O. The van der Waals surface area contributed by atoms with E-state index in [1.54, 1.807) is 0 Å². The smallest absolute Gasteiger partial charge is 0.226 e. The van der Waals surface area contributed by atoms with Crippen molar-refractivity contribution >= 4 is 5.91 Å². The molecule has 0 spiro atoms. The quantitative estimate of drug-likeness (QED) is 0.839. The second-order valence-corrected chi connectivity index (χ2v) is 8.57. The Bertz CT molecular complexity index is 378. The van der Waals surface area contributed by atoms with Crippen molar-refractivity contribution in [2.45, 2.75) is 64.3 Å². The van der Waals surface area contributed by atoms with Gasteiger partial charge in [0.2, 0.25) is 5.91 Å². The van der Waals surface area contributed by atoms with Crippen LogP contribution in [0.5, 0.6) is 0 Å². The molecule has 4 saturated carbocycles. The zero-order valence-corrected chi connectivity index (χ0v) is 13.4. The van der Waals surface area contributed by atoms with Crippen LogP contribution in [-0.2, 0) is 4.79 Å². The lowest BCUT2D eigenvalue weighted by molar-refractivity contribution is -0.147. The van der Waals surface area contributed by atoms with E-state index in [2.05, 4.69) is 17.6 Å². The third-order valence-corrected chi connectivity index (χ3v) is 6.92. The van der Waals surface area contributed by atoms with E-state index in [4.69, 9.17) is 0 Å². The maximum atomic E-state index is 13.0. The fourth-order valence-corrected chi connectivity index (χ4v) is 6.17. The van der Waals surface area contributed by atoms with E-state index in [1.807, 2.05) is 0 Å². The first kappa shape index (κ1) is 14.0. The summed E-state index contributed by atoms with van der Waals surface area (Å²) in [5.74, 6) is 3.59. The van der Waals surface area contributed by atoms with Crippen LogP contribution in [-0.4, -0.2) is 25.0 Å². The molecular weight excluding hydrogens is 260 g/mol. The van der Waals surface area contributed by atoms with Crippen molar-refractivity contribution in [2.24, 2.45) is 29.1 Å². The van der Waals surface area contributed by atoms with Crippen molar-refractivity contribution in [3.05, 3.63) is 0 Å². The second kappa shape index (κ2) is 5.26. The molecule has 5 aliphatic rings. The predicted molar refractivity (Wildman–Crippen MR) is 83.8 cm³/mol. The van der Waals surface area contributed by atoms with Gasteiger partial charge >= 0.3 is 0 Å². The van der Waals surface area contributed by atoms with E-state index in [0.29, 0.717) is 17.9 Å². The maximum Gasteiger partial charge on any atom is 0.226 e. The normalized spacial score (nSPS) is 46.3. The molecule has 2 N–H and O–H groups in total. The number of piperidine rings is 1. The summed E-state index contributed by atoms with van der Waals surface area (Å²) in [5, 5.41) is 6.90. The van der Waals surface area contributed by atoms with Crippen LogP contribution in [0.4, 0.5) is 0 Å². The van der Waals surface area contributed by atoms with Crippen LogP contribution in [0.3, 0.4) is 0 Å². The van der Waals surface area contributed by atoms with Gasteiger partial charge in [-0.2, -0.15) is 0 Å². The summed E-state index contributed by atoms with van der Waals surface area (Å²) in [6.45, 7) is 4.44. The van der Waals surface area contributed by atoms with E-state index < -0.39 is 0 Å². The summed E-state index contributed by atoms with van der Waals surface area (Å²) in [5.41, 5.74) is 0.0190. The van der Waals surface area contributed by atoms with E-state index in [9.17, 15) is 4.79 Å². The molecule has 118 valence electrons. The molecule has 1 heterocycles. The van der Waals surface area contributed by atoms with Gasteiger partial charge in [0.1, 0.15) is 0 Å². The lowest BCUT2D eigenvalue weighted by atomic mass is 9.49. The molecule has 0 aromatic heterocycles. The number of carbonyl (C=O) groups excluding carboxylic acids is 1. The zero-order chi connectivity index (χ0) is 14.4. The highest BCUT2D eigenvalue weighted by Crippen LogP contribution is 2.60. The van der Waals surface area contributed by atoms with Gasteiger partial charge in [0, 0.05) is 11.5 Å². The molecule has 0 radical (unpaired) electrons. The average Bonchev–Trinajstić information content (AvgIpc) is 2.46. The number of carbonyl (C=O) groups is 1. The Kier molecular flexibility index (Phi) is 3.52.